The van der Waals surface area contributed by atoms with E-state index in [1.165, 1.54) is 17.5 Å². The van der Waals surface area contributed by atoms with Crippen molar-refractivity contribution in [2.24, 2.45) is 0 Å². The Morgan fingerprint density at radius 3 is 2.88 bits per heavy atom. The van der Waals surface area contributed by atoms with Crippen LogP contribution < -0.4 is 15.4 Å². The van der Waals surface area contributed by atoms with Crippen LogP contribution in [0.25, 0.3) is 0 Å². The molecule has 1 rings (SSSR count). The number of nitrogens with zero attached hydrogens (tertiary/aromatic N) is 1. The Morgan fingerprint density at radius 2 is 2.20 bits per heavy atom. The highest BCUT2D eigenvalue weighted by Crippen LogP contribution is 2.20. The predicted octanol–water partition coefficient (Wildman–Crippen LogP) is 2.75. The Bertz CT molecular complexity index is 538. The van der Waals surface area contributed by atoms with Gasteiger partial charge in [0.15, 0.2) is 0 Å². The highest BCUT2D eigenvalue weighted by Gasteiger charge is 2.14. The summed E-state index contributed by atoms with van der Waals surface area (Å²) in [6.45, 7) is 9.34. The molecule has 0 saturated heterocycles. The van der Waals surface area contributed by atoms with Crippen molar-refractivity contribution >= 4 is 17.2 Å². The number of β-amino-alcohol motifs (C(OH)–C–C–N with tert-alkyl or cyclic N) is 1. The van der Waals surface area contributed by atoms with Crippen LogP contribution in [0.2, 0.25) is 0 Å². The van der Waals surface area contributed by atoms with Gasteiger partial charge in [0, 0.05) is 18.6 Å². The Morgan fingerprint density at radius 1 is 1.44 bits per heavy atom. The van der Waals surface area contributed by atoms with Gasteiger partial charge in [-0.3, -0.25) is 4.79 Å². The Labute approximate surface area is 154 Å². The van der Waals surface area contributed by atoms with Crippen molar-refractivity contribution in [2.45, 2.75) is 58.6 Å². The first-order valence-corrected chi connectivity index (χ1v) is 9.54. The first kappa shape index (κ1) is 21.6. The van der Waals surface area contributed by atoms with Crippen molar-refractivity contribution < 1.29 is 14.6 Å². The standard InChI is InChI=1S/C18H31N3O3S/c1-5-6-7-8-9-10-19-16(23)15-12-20-17(25-15)24-13-14(22)11-21-18(2,3)4/h5-6,12,14,21-22H,7-11,13H2,1-4H3,(H,19,23)/b6-5-. The topological polar surface area (TPSA) is 83.5 Å². The van der Waals surface area contributed by atoms with Crippen LogP contribution in [0.1, 0.15) is 56.6 Å². The third-order valence-corrected chi connectivity index (χ3v) is 4.20. The summed E-state index contributed by atoms with van der Waals surface area (Å²) in [5.74, 6) is -0.131. The number of carbonyl (C=O) groups is 1. The third kappa shape index (κ3) is 10.2. The van der Waals surface area contributed by atoms with Crippen LogP contribution in [0, 0.1) is 0 Å². The molecule has 1 amide bonds. The Kier molecular flexibility index (Phi) is 9.70. The fourth-order valence-electron chi connectivity index (χ4n) is 1.92. The number of carbonyl (C=O) groups excluding carboxylic acids is 1. The number of thiazole rings is 1. The van der Waals surface area contributed by atoms with Gasteiger partial charge in [-0.05, 0) is 47.0 Å². The van der Waals surface area contributed by atoms with Crippen LogP contribution in [0.4, 0.5) is 0 Å². The molecule has 1 aromatic rings. The number of hydrogen-bond acceptors (Lipinski definition) is 6. The van der Waals surface area contributed by atoms with Crippen molar-refractivity contribution in [2.75, 3.05) is 19.7 Å². The monoisotopic (exact) mass is 369 g/mol. The molecule has 0 aliphatic carbocycles. The zero-order chi connectivity index (χ0) is 18.7. The molecule has 1 atom stereocenters. The molecule has 0 aliphatic rings. The smallest absolute Gasteiger partial charge is 0.273 e. The first-order valence-electron chi connectivity index (χ1n) is 8.73. The van der Waals surface area contributed by atoms with Gasteiger partial charge >= 0.3 is 0 Å². The molecular formula is C18H31N3O3S. The highest BCUT2D eigenvalue weighted by atomic mass is 32.1. The van der Waals surface area contributed by atoms with Gasteiger partial charge in [-0.1, -0.05) is 23.5 Å². The average molecular weight is 370 g/mol. The zero-order valence-corrected chi connectivity index (χ0v) is 16.5. The number of ether oxygens (including phenoxy) is 1. The molecule has 0 spiro atoms. The lowest BCUT2D eigenvalue weighted by molar-refractivity contribution is 0.0957. The Hall–Kier alpha value is -1.44. The number of rotatable bonds is 11. The second-order valence-corrected chi connectivity index (χ2v) is 7.90. The average Bonchev–Trinajstić information content (AvgIpc) is 3.02. The van der Waals surface area contributed by atoms with Crippen LogP contribution in [-0.4, -0.2) is 47.3 Å². The fourth-order valence-corrected chi connectivity index (χ4v) is 2.61. The minimum Gasteiger partial charge on any atom is -0.467 e. The van der Waals surface area contributed by atoms with Crippen molar-refractivity contribution in [1.29, 1.82) is 0 Å². The van der Waals surface area contributed by atoms with Gasteiger partial charge in [-0.2, -0.15) is 0 Å². The van der Waals surface area contributed by atoms with Gasteiger partial charge < -0.3 is 20.5 Å². The largest absolute Gasteiger partial charge is 0.467 e. The van der Waals surface area contributed by atoms with E-state index in [4.69, 9.17) is 4.74 Å². The maximum Gasteiger partial charge on any atom is 0.273 e. The molecular weight excluding hydrogens is 338 g/mol. The van der Waals surface area contributed by atoms with Gasteiger partial charge in [0.25, 0.3) is 11.1 Å². The summed E-state index contributed by atoms with van der Waals surface area (Å²) < 4.78 is 5.46. The molecule has 0 saturated carbocycles. The zero-order valence-electron chi connectivity index (χ0n) is 15.7. The van der Waals surface area contributed by atoms with E-state index in [1.807, 2.05) is 33.8 Å². The first-order chi connectivity index (χ1) is 11.8. The second-order valence-electron chi connectivity index (χ2n) is 6.91. The number of aliphatic hydroxyl groups excluding tert-OH is 1. The molecule has 3 N–H and O–H groups in total. The molecule has 142 valence electrons. The van der Waals surface area contributed by atoms with Gasteiger partial charge in [0.2, 0.25) is 0 Å². The van der Waals surface area contributed by atoms with E-state index in [1.54, 1.807) is 0 Å². The molecule has 0 bridgehead atoms. The second kappa shape index (κ2) is 11.2. The van der Waals surface area contributed by atoms with E-state index in [9.17, 15) is 9.90 Å². The third-order valence-electron chi connectivity index (χ3n) is 3.29. The fraction of sp³-hybridized carbons (Fsp3) is 0.667. The summed E-state index contributed by atoms with van der Waals surface area (Å²) in [5, 5.41) is 16.4. The lowest BCUT2D eigenvalue weighted by atomic mass is 10.1. The maximum atomic E-state index is 12.0. The summed E-state index contributed by atoms with van der Waals surface area (Å²) in [7, 11) is 0. The van der Waals surface area contributed by atoms with Crippen LogP contribution in [0.5, 0.6) is 5.19 Å². The number of nitrogens with one attached hydrogen (secondary N) is 2. The summed E-state index contributed by atoms with van der Waals surface area (Å²) in [6, 6.07) is 0. The molecule has 7 heteroatoms. The summed E-state index contributed by atoms with van der Waals surface area (Å²) in [6.07, 6.45) is 8.09. The molecule has 25 heavy (non-hydrogen) atoms. The van der Waals surface area contributed by atoms with Gasteiger partial charge in [-0.25, -0.2) is 4.98 Å². The van der Waals surface area contributed by atoms with E-state index in [0.29, 0.717) is 23.2 Å². The van der Waals surface area contributed by atoms with Crippen LogP contribution in [0.15, 0.2) is 18.3 Å². The van der Waals surface area contributed by atoms with Gasteiger partial charge in [-0.15, -0.1) is 0 Å². The van der Waals surface area contributed by atoms with Crippen LogP contribution >= 0.6 is 11.3 Å². The number of aliphatic hydroxyl groups is 1. The molecule has 0 aliphatic heterocycles. The summed E-state index contributed by atoms with van der Waals surface area (Å²) >= 11 is 1.19. The van der Waals surface area contributed by atoms with E-state index in [-0.39, 0.29) is 18.1 Å². The quantitative estimate of drug-likeness (QED) is 0.413. The molecule has 1 aromatic heterocycles. The summed E-state index contributed by atoms with van der Waals surface area (Å²) in [4.78, 5) is 16.6. The molecule has 1 heterocycles. The predicted molar refractivity (Wildman–Crippen MR) is 102 cm³/mol. The lowest BCUT2D eigenvalue weighted by Gasteiger charge is -2.22. The van der Waals surface area contributed by atoms with Crippen molar-refractivity contribution in [3.05, 3.63) is 23.2 Å². The maximum absolute atomic E-state index is 12.0. The van der Waals surface area contributed by atoms with Crippen molar-refractivity contribution in [3.8, 4) is 5.19 Å². The highest BCUT2D eigenvalue weighted by molar-refractivity contribution is 7.15. The number of unbranched alkanes of at least 4 members (excludes halogenated alkanes) is 2. The van der Waals surface area contributed by atoms with E-state index in [2.05, 4.69) is 21.7 Å². The molecule has 0 radical (unpaired) electrons. The van der Waals surface area contributed by atoms with E-state index < -0.39 is 6.10 Å². The number of aromatic nitrogens is 1. The van der Waals surface area contributed by atoms with Crippen LogP contribution in [-0.2, 0) is 0 Å². The molecule has 1 unspecified atom stereocenters. The minimum absolute atomic E-state index is 0.0553. The minimum atomic E-state index is -0.627. The summed E-state index contributed by atoms with van der Waals surface area (Å²) in [5.41, 5.74) is -0.0553. The number of amides is 1. The van der Waals surface area contributed by atoms with Crippen molar-refractivity contribution in [3.63, 3.8) is 0 Å². The lowest BCUT2D eigenvalue weighted by Crippen LogP contribution is -2.42. The Balaban J connectivity index is 2.27. The van der Waals surface area contributed by atoms with E-state index in [0.717, 1.165) is 19.3 Å². The number of hydrogen-bond donors (Lipinski definition) is 3. The number of allylic oxidation sites excluding steroid dienone is 2. The SMILES string of the molecule is C/C=C\CCCCNC(=O)c1cnc(OCC(O)CNC(C)(C)C)s1. The van der Waals surface area contributed by atoms with Gasteiger partial charge in [0.05, 0.1) is 6.20 Å². The molecule has 6 nitrogen and oxygen atoms in total. The van der Waals surface area contributed by atoms with Crippen molar-refractivity contribution in [1.82, 2.24) is 15.6 Å². The molecule has 0 fully saturated rings. The molecule has 0 aromatic carbocycles. The van der Waals surface area contributed by atoms with Crippen LogP contribution in [0.3, 0.4) is 0 Å². The van der Waals surface area contributed by atoms with Gasteiger partial charge in [0.1, 0.15) is 17.6 Å². The normalized spacial score (nSPS) is 13.2. The van der Waals surface area contributed by atoms with E-state index >= 15 is 0 Å².